The maximum absolute atomic E-state index is 11.7. The first-order valence-electron chi connectivity index (χ1n) is 5.21. The lowest BCUT2D eigenvalue weighted by atomic mass is 10.2. The van der Waals surface area contributed by atoms with Gasteiger partial charge in [-0.1, -0.05) is 18.5 Å². The van der Waals surface area contributed by atoms with Crippen molar-refractivity contribution in [2.24, 2.45) is 4.99 Å². The molecule has 0 fully saturated rings. The van der Waals surface area contributed by atoms with E-state index in [2.05, 4.69) is 4.99 Å². The lowest BCUT2D eigenvalue weighted by molar-refractivity contribution is -0.132. The molecule has 0 aromatic rings. The van der Waals surface area contributed by atoms with Crippen LogP contribution in [0, 0.1) is 5.41 Å². The zero-order valence-electron chi connectivity index (χ0n) is 10.0. The van der Waals surface area contributed by atoms with Crippen molar-refractivity contribution in [3.63, 3.8) is 0 Å². The zero-order chi connectivity index (χ0) is 13.2. The molecular formula is C11H14ClN3O2. The van der Waals surface area contributed by atoms with Crippen molar-refractivity contribution in [3.8, 4) is 0 Å². The van der Waals surface area contributed by atoms with Crippen LogP contribution in [0.4, 0.5) is 0 Å². The maximum atomic E-state index is 11.7. The van der Waals surface area contributed by atoms with E-state index in [1.807, 2.05) is 6.92 Å². The Morgan fingerprint density at radius 1 is 1.41 bits per heavy atom. The molecule has 1 N–H and O–H groups in total. The minimum atomic E-state index is -0.620. The molecule has 0 saturated carbocycles. The van der Waals surface area contributed by atoms with Crippen molar-refractivity contribution < 1.29 is 9.59 Å². The van der Waals surface area contributed by atoms with Crippen LogP contribution in [0.5, 0.6) is 0 Å². The molecule has 1 rings (SSSR count). The van der Waals surface area contributed by atoms with Gasteiger partial charge >= 0.3 is 0 Å². The van der Waals surface area contributed by atoms with Gasteiger partial charge in [-0.05, 0) is 13.3 Å². The van der Waals surface area contributed by atoms with E-state index in [4.69, 9.17) is 17.0 Å². The smallest absolute Gasteiger partial charge is 0.278 e. The van der Waals surface area contributed by atoms with E-state index in [0.717, 1.165) is 10.6 Å². The highest BCUT2D eigenvalue weighted by Crippen LogP contribution is 2.24. The Kier molecular flexibility index (Phi) is 4.17. The molecule has 0 aromatic heterocycles. The molecule has 6 heteroatoms. The number of carbonyl (C=O) groups is 2. The first kappa shape index (κ1) is 13.6. The number of amidine groups is 1. The van der Waals surface area contributed by atoms with Gasteiger partial charge in [0, 0.05) is 24.8 Å². The largest absolute Gasteiger partial charge is 0.297 e. The number of nitrogens with one attached hydrogen (secondary N) is 1. The molecule has 17 heavy (non-hydrogen) atoms. The lowest BCUT2D eigenvalue weighted by Crippen LogP contribution is -2.38. The van der Waals surface area contributed by atoms with E-state index >= 15 is 0 Å². The Morgan fingerprint density at radius 2 is 2.00 bits per heavy atom. The van der Waals surface area contributed by atoms with Crippen molar-refractivity contribution in [2.45, 2.75) is 26.7 Å². The fourth-order valence-electron chi connectivity index (χ4n) is 1.49. The molecular weight excluding hydrogens is 242 g/mol. The summed E-state index contributed by atoms with van der Waals surface area (Å²) in [7, 11) is 1.62. The number of hydrogen-bond donors (Lipinski definition) is 1. The molecule has 0 atom stereocenters. The Morgan fingerprint density at radius 3 is 2.35 bits per heavy atom. The molecule has 0 unspecified atom stereocenters. The molecule has 1 aliphatic heterocycles. The topological polar surface area (TPSA) is 73.6 Å². The summed E-state index contributed by atoms with van der Waals surface area (Å²) < 4.78 is 0. The average molecular weight is 256 g/mol. The van der Waals surface area contributed by atoms with Crippen LogP contribution in [0.3, 0.4) is 0 Å². The number of carbonyl (C=O) groups excluding carboxylic acids is 2. The summed E-state index contributed by atoms with van der Waals surface area (Å²) in [5.74, 6) is -1.22. The quantitative estimate of drug-likeness (QED) is 0.474. The maximum Gasteiger partial charge on any atom is 0.278 e. The molecule has 0 spiro atoms. The third-order valence-corrected chi connectivity index (χ3v) is 3.05. The van der Waals surface area contributed by atoms with Gasteiger partial charge in [-0.25, -0.2) is 4.90 Å². The van der Waals surface area contributed by atoms with Crippen LogP contribution >= 0.6 is 11.6 Å². The van der Waals surface area contributed by atoms with E-state index in [-0.39, 0.29) is 22.9 Å². The van der Waals surface area contributed by atoms with Crippen LogP contribution in [0.15, 0.2) is 15.6 Å². The monoisotopic (exact) mass is 255 g/mol. The highest BCUT2D eigenvalue weighted by molar-refractivity contribution is 6.50. The number of hydrogen-bond acceptors (Lipinski definition) is 4. The van der Waals surface area contributed by atoms with Gasteiger partial charge < -0.3 is 0 Å². The lowest BCUT2D eigenvalue weighted by Gasteiger charge is -2.15. The molecule has 0 bridgehead atoms. The van der Waals surface area contributed by atoms with Gasteiger partial charge in [0.15, 0.2) is 0 Å². The van der Waals surface area contributed by atoms with Crippen molar-refractivity contribution in [1.82, 2.24) is 4.90 Å². The first-order chi connectivity index (χ1) is 7.93. The van der Waals surface area contributed by atoms with Gasteiger partial charge in [-0.15, -0.1) is 0 Å². The standard InChI is InChI=1S/C11H14ClN3O2/c1-4-7(14-3)5-8(13)15-10(16)6(2)9(12)11(15)17/h13H,4-5H2,1-3H3. The highest BCUT2D eigenvalue weighted by atomic mass is 35.5. The molecule has 5 nitrogen and oxygen atoms in total. The number of nitrogens with zero attached hydrogens (tertiary/aromatic N) is 2. The summed E-state index contributed by atoms with van der Waals surface area (Å²) in [4.78, 5) is 28.2. The van der Waals surface area contributed by atoms with Crippen LogP contribution in [0.2, 0.25) is 0 Å². The van der Waals surface area contributed by atoms with Crippen molar-refractivity contribution in [3.05, 3.63) is 10.6 Å². The second-order valence-electron chi connectivity index (χ2n) is 3.65. The molecule has 0 saturated heterocycles. The van der Waals surface area contributed by atoms with Gasteiger partial charge in [0.2, 0.25) is 0 Å². The average Bonchev–Trinajstić information content (AvgIpc) is 2.50. The molecule has 1 heterocycles. The highest BCUT2D eigenvalue weighted by Gasteiger charge is 2.37. The van der Waals surface area contributed by atoms with Crippen molar-refractivity contribution >= 4 is 35.0 Å². The predicted octanol–water partition coefficient (Wildman–Crippen LogP) is 1.72. The molecule has 0 aromatic carbocycles. The zero-order valence-corrected chi connectivity index (χ0v) is 10.8. The van der Waals surface area contributed by atoms with Crippen LogP contribution in [0.1, 0.15) is 26.7 Å². The minimum Gasteiger partial charge on any atom is -0.297 e. The second-order valence-corrected chi connectivity index (χ2v) is 4.03. The SMILES string of the molecule is CCC(CC(=N)N1C(=O)C(C)=C(Cl)C1=O)=NC. The predicted molar refractivity (Wildman–Crippen MR) is 66.4 cm³/mol. The summed E-state index contributed by atoms with van der Waals surface area (Å²) >= 11 is 5.69. The van der Waals surface area contributed by atoms with Gasteiger partial charge in [0.25, 0.3) is 11.8 Å². The Hall–Kier alpha value is -1.49. The fourth-order valence-corrected chi connectivity index (χ4v) is 1.66. The third kappa shape index (κ3) is 2.44. The van der Waals surface area contributed by atoms with Crippen LogP contribution in [-0.2, 0) is 9.59 Å². The summed E-state index contributed by atoms with van der Waals surface area (Å²) in [5, 5.41) is 7.68. The van der Waals surface area contributed by atoms with E-state index in [1.165, 1.54) is 6.92 Å². The molecule has 0 radical (unpaired) electrons. The summed E-state index contributed by atoms with van der Waals surface area (Å²) in [6, 6.07) is 0. The van der Waals surface area contributed by atoms with Crippen LogP contribution in [-0.4, -0.2) is 35.3 Å². The van der Waals surface area contributed by atoms with Gasteiger partial charge in [-0.3, -0.25) is 20.0 Å². The minimum absolute atomic E-state index is 0.0857. The Labute approximate surface area is 105 Å². The number of halogens is 1. The van der Waals surface area contributed by atoms with Crippen molar-refractivity contribution in [2.75, 3.05) is 7.05 Å². The van der Waals surface area contributed by atoms with Crippen molar-refractivity contribution in [1.29, 1.82) is 5.41 Å². The van der Waals surface area contributed by atoms with Crippen LogP contribution < -0.4 is 0 Å². The second kappa shape index (κ2) is 5.23. The molecule has 0 aliphatic carbocycles. The normalized spacial score (nSPS) is 17.2. The Balaban J connectivity index is 2.87. The van der Waals surface area contributed by atoms with E-state index in [9.17, 15) is 9.59 Å². The molecule has 92 valence electrons. The summed E-state index contributed by atoms with van der Waals surface area (Å²) in [6.45, 7) is 3.38. The molecule has 2 amide bonds. The number of imide groups is 1. The summed E-state index contributed by atoms with van der Waals surface area (Å²) in [5.41, 5.74) is 0.948. The van der Waals surface area contributed by atoms with E-state index < -0.39 is 11.8 Å². The van der Waals surface area contributed by atoms with Gasteiger partial charge in [-0.2, -0.15) is 0 Å². The van der Waals surface area contributed by atoms with E-state index in [0.29, 0.717) is 6.42 Å². The number of rotatable bonds is 3. The third-order valence-electron chi connectivity index (χ3n) is 2.61. The van der Waals surface area contributed by atoms with Crippen LogP contribution in [0.25, 0.3) is 0 Å². The van der Waals surface area contributed by atoms with Gasteiger partial charge in [0.05, 0.1) is 0 Å². The van der Waals surface area contributed by atoms with E-state index in [1.54, 1.807) is 7.05 Å². The van der Waals surface area contributed by atoms with Gasteiger partial charge in [0.1, 0.15) is 10.9 Å². The summed E-state index contributed by atoms with van der Waals surface area (Å²) in [6.07, 6.45) is 0.858. The molecule has 1 aliphatic rings. The Bertz CT molecular complexity index is 428. The fraction of sp³-hybridized carbons (Fsp3) is 0.455. The number of amides is 2. The first-order valence-corrected chi connectivity index (χ1v) is 5.58. The number of aliphatic imine (C=N–C) groups is 1.